The summed E-state index contributed by atoms with van der Waals surface area (Å²) in [5.41, 5.74) is 0. The Morgan fingerprint density at radius 1 is 0.947 bits per heavy atom. The zero-order valence-corrected chi connectivity index (χ0v) is 11.3. The van der Waals surface area contributed by atoms with E-state index in [0.29, 0.717) is 6.04 Å². The van der Waals surface area contributed by atoms with Crippen molar-refractivity contribution in [3.05, 3.63) is 0 Å². The van der Waals surface area contributed by atoms with Crippen molar-refractivity contribution >= 4 is 17.8 Å². The van der Waals surface area contributed by atoms with Crippen molar-refractivity contribution in [2.24, 2.45) is 11.8 Å². The molecule has 0 bridgehead atoms. The fourth-order valence-electron chi connectivity index (χ4n) is 3.81. The van der Waals surface area contributed by atoms with Gasteiger partial charge in [0.1, 0.15) is 5.92 Å². The molecule has 3 aliphatic rings. The Morgan fingerprint density at radius 3 is 2.21 bits per heavy atom. The van der Waals surface area contributed by atoms with Crippen LogP contribution in [-0.4, -0.2) is 65.8 Å². The highest BCUT2D eigenvalue weighted by atomic mass is 16.2. The molecule has 0 aromatic rings. The number of hydrogen-bond donors (Lipinski definition) is 0. The molecule has 0 aromatic heterocycles. The summed E-state index contributed by atoms with van der Waals surface area (Å²) < 4.78 is 0. The maximum atomic E-state index is 12.3. The van der Waals surface area contributed by atoms with Crippen molar-refractivity contribution < 1.29 is 14.4 Å². The van der Waals surface area contributed by atoms with Crippen LogP contribution < -0.4 is 0 Å². The van der Waals surface area contributed by atoms with Crippen LogP contribution in [0.15, 0.2) is 0 Å². The van der Waals surface area contributed by atoms with Crippen molar-refractivity contribution in [3.63, 3.8) is 0 Å². The van der Waals surface area contributed by atoms with E-state index in [9.17, 15) is 14.4 Å². The summed E-state index contributed by atoms with van der Waals surface area (Å²) in [4.78, 5) is 40.9. The number of urea groups is 1. The number of nitrogens with zero attached hydrogens (tertiary/aromatic N) is 3. The minimum absolute atomic E-state index is 0.0699. The highest BCUT2D eigenvalue weighted by Crippen LogP contribution is 2.39. The first-order valence-corrected chi connectivity index (χ1v) is 6.85. The number of imide groups is 2. The topological polar surface area (TPSA) is 60.9 Å². The lowest BCUT2D eigenvalue weighted by Gasteiger charge is -2.37. The van der Waals surface area contributed by atoms with Gasteiger partial charge >= 0.3 is 6.03 Å². The van der Waals surface area contributed by atoms with Gasteiger partial charge in [-0.3, -0.25) is 19.4 Å². The molecule has 3 saturated heterocycles. The van der Waals surface area contributed by atoms with Gasteiger partial charge in [0.25, 0.3) is 0 Å². The van der Waals surface area contributed by atoms with E-state index in [0.717, 1.165) is 42.2 Å². The average molecular weight is 265 g/mol. The summed E-state index contributed by atoms with van der Waals surface area (Å²) in [5.74, 6) is -1.25. The van der Waals surface area contributed by atoms with Crippen LogP contribution in [0.25, 0.3) is 0 Å². The van der Waals surface area contributed by atoms with Crippen LogP contribution in [0.1, 0.15) is 19.3 Å². The summed E-state index contributed by atoms with van der Waals surface area (Å²) >= 11 is 0. The summed E-state index contributed by atoms with van der Waals surface area (Å²) in [6, 6.07) is -0.180. The standard InChI is InChI=1S/C13H19N3O3/c1-14-11(17)10(12(18)15(2)13(14)19)8-5-7-16-6-3-4-9(8)16/h8-10H,3-7H2,1-2H3. The second kappa shape index (κ2) is 4.30. The highest BCUT2D eigenvalue weighted by Gasteiger charge is 2.52. The Morgan fingerprint density at radius 2 is 1.58 bits per heavy atom. The molecule has 3 aliphatic heterocycles. The van der Waals surface area contributed by atoms with Gasteiger partial charge in [0, 0.05) is 20.1 Å². The van der Waals surface area contributed by atoms with Gasteiger partial charge in [-0.05, 0) is 38.3 Å². The lowest BCUT2D eigenvalue weighted by Crippen LogP contribution is -2.59. The highest BCUT2D eigenvalue weighted by molar-refractivity contribution is 6.15. The average Bonchev–Trinajstić information content (AvgIpc) is 2.98. The van der Waals surface area contributed by atoms with Crippen LogP contribution in [0.4, 0.5) is 4.79 Å². The molecule has 4 amide bonds. The monoisotopic (exact) mass is 265 g/mol. The third kappa shape index (κ3) is 1.69. The van der Waals surface area contributed by atoms with Crippen molar-refractivity contribution in [3.8, 4) is 0 Å². The molecule has 3 fully saturated rings. The minimum atomic E-state index is -0.666. The van der Waals surface area contributed by atoms with Crippen molar-refractivity contribution in [2.45, 2.75) is 25.3 Å². The van der Waals surface area contributed by atoms with E-state index in [-0.39, 0.29) is 17.7 Å². The normalized spacial score (nSPS) is 33.5. The zero-order valence-electron chi connectivity index (χ0n) is 11.3. The molecule has 6 heteroatoms. The molecule has 2 atom stereocenters. The first-order valence-electron chi connectivity index (χ1n) is 6.85. The number of rotatable bonds is 1. The molecule has 0 N–H and O–H groups in total. The lowest BCUT2D eigenvalue weighted by atomic mass is 9.82. The van der Waals surface area contributed by atoms with Gasteiger partial charge in [0.15, 0.2) is 0 Å². The summed E-state index contributed by atoms with van der Waals surface area (Å²) in [6.45, 7) is 2.04. The number of carbonyl (C=O) groups excluding carboxylic acids is 3. The van der Waals surface area contributed by atoms with Crippen LogP contribution in [0.5, 0.6) is 0 Å². The molecule has 0 aromatic carbocycles. The SMILES string of the molecule is CN1C(=O)C(C2CCN3CCCC23)C(=O)N(C)C1=O. The van der Waals surface area contributed by atoms with Crippen LogP contribution in [0, 0.1) is 11.8 Å². The molecule has 6 nitrogen and oxygen atoms in total. The second-order valence-electron chi connectivity index (χ2n) is 5.75. The van der Waals surface area contributed by atoms with E-state index in [1.165, 1.54) is 14.1 Å². The number of hydrogen-bond acceptors (Lipinski definition) is 4. The molecule has 3 heterocycles. The van der Waals surface area contributed by atoms with Crippen molar-refractivity contribution in [1.29, 1.82) is 0 Å². The quantitative estimate of drug-likeness (QED) is 0.633. The Bertz CT molecular complexity index is 426. The number of amides is 4. The maximum absolute atomic E-state index is 12.3. The fourth-order valence-corrected chi connectivity index (χ4v) is 3.81. The second-order valence-corrected chi connectivity index (χ2v) is 5.75. The molecule has 0 radical (unpaired) electrons. The molecule has 3 rings (SSSR count). The van der Waals surface area contributed by atoms with Crippen LogP contribution >= 0.6 is 0 Å². The van der Waals surface area contributed by atoms with Crippen molar-refractivity contribution in [1.82, 2.24) is 14.7 Å². The fraction of sp³-hybridized carbons (Fsp3) is 0.769. The van der Waals surface area contributed by atoms with Gasteiger partial charge in [0.2, 0.25) is 11.8 Å². The van der Waals surface area contributed by atoms with Gasteiger partial charge in [-0.2, -0.15) is 0 Å². The van der Waals surface area contributed by atoms with E-state index in [4.69, 9.17) is 0 Å². The van der Waals surface area contributed by atoms with E-state index >= 15 is 0 Å². The number of barbiturate groups is 1. The zero-order chi connectivity index (χ0) is 13.7. The third-order valence-corrected chi connectivity index (χ3v) is 4.85. The molecule has 104 valence electrons. The van der Waals surface area contributed by atoms with Gasteiger partial charge < -0.3 is 4.90 Å². The van der Waals surface area contributed by atoms with Crippen LogP contribution in [0.2, 0.25) is 0 Å². The summed E-state index contributed by atoms with van der Waals surface area (Å²) in [7, 11) is 2.92. The van der Waals surface area contributed by atoms with Gasteiger partial charge in [-0.1, -0.05) is 0 Å². The van der Waals surface area contributed by atoms with E-state index in [1.807, 2.05) is 0 Å². The molecular weight excluding hydrogens is 246 g/mol. The van der Waals surface area contributed by atoms with Crippen LogP contribution in [-0.2, 0) is 9.59 Å². The predicted octanol–water partition coefficient (Wildman–Crippen LogP) is 0.137. The Balaban J connectivity index is 1.88. The molecule has 0 saturated carbocycles. The van der Waals surface area contributed by atoms with Crippen LogP contribution in [0.3, 0.4) is 0 Å². The minimum Gasteiger partial charge on any atom is -0.300 e. The lowest BCUT2D eigenvalue weighted by molar-refractivity contribution is -0.150. The Labute approximate surface area is 112 Å². The first-order chi connectivity index (χ1) is 9.02. The first kappa shape index (κ1) is 12.6. The molecular formula is C13H19N3O3. The largest absolute Gasteiger partial charge is 0.332 e. The molecule has 0 spiro atoms. The molecule has 19 heavy (non-hydrogen) atoms. The van der Waals surface area contributed by atoms with Gasteiger partial charge in [0.05, 0.1) is 0 Å². The molecule has 0 aliphatic carbocycles. The predicted molar refractivity (Wildman–Crippen MR) is 67.1 cm³/mol. The van der Waals surface area contributed by atoms with E-state index < -0.39 is 11.9 Å². The number of carbonyl (C=O) groups is 3. The smallest absolute Gasteiger partial charge is 0.300 e. The van der Waals surface area contributed by atoms with E-state index in [1.54, 1.807) is 0 Å². The summed E-state index contributed by atoms with van der Waals surface area (Å²) in [6.07, 6.45) is 3.08. The summed E-state index contributed by atoms with van der Waals surface area (Å²) in [5, 5.41) is 0. The van der Waals surface area contributed by atoms with Gasteiger partial charge in [-0.15, -0.1) is 0 Å². The van der Waals surface area contributed by atoms with Crippen molar-refractivity contribution in [2.75, 3.05) is 27.2 Å². The Kier molecular flexibility index (Phi) is 2.85. The maximum Gasteiger partial charge on any atom is 0.332 e. The van der Waals surface area contributed by atoms with E-state index in [2.05, 4.69) is 4.90 Å². The Hall–Kier alpha value is -1.43. The third-order valence-electron chi connectivity index (χ3n) is 4.85. The number of fused-ring (bicyclic) bond motifs is 1. The molecule has 2 unspecified atom stereocenters. The van der Waals surface area contributed by atoms with Gasteiger partial charge in [-0.25, -0.2) is 4.79 Å².